The van der Waals surface area contributed by atoms with Crippen molar-refractivity contribution in [3.05, 3.63) is 28.8 Å². The molecular weight excluding hydrogens is 234 g/mol. The van der Waals surface area contributed by atoms with E-state index in [2.05, 4.69) is 6.07 Å². The van der Waals surface area contributed by atoms with E-state index in [9.17, 15) is 0 Å². The quantitative estimate of drug-likeness (QED) is 0.893. The summed E-state index contributed by atoms with van der Waals surface area (Å²) in [5, 5.41) is 0.670. The fraction of sp³-hybridized carbons (Fsp3) is 0.571. The van der Waals surface area contributed by atoms with E-state index in [1.54, 1.807) is 7.11 Å². The van der Waals surface area contributed by atoms with Gasteiger partial charge in [-0.2, -0.15) is 0 Å². The van der Waals surface area contributed by atoms with Crippen LogP contribution in [0.5, 0.6) is 5.75 Å². The molecule has 1 atom stereocenters. The third-order valence-electron chi connectivity index (χ3n) is 3.69. The van der Waals surface area contributed by atoms with E-state index >= 15 is 0 Å². The van der Waals surface area contributed by atoms with Gasteiger partial charge in [-0.3, -0.25) is 0 Å². The van der Waals surface area contributed by atoms with E-state index < -0.39 is 0 Å². The Balaban J connectivity index is 2.00. The van der Waals surface area contributed by atoms with Gasteiger partial charge in [0.05, 0.1) is 12.1 Å². The zero-order valence-electron chi connectivity index (χ0n) is 10.3. The molecule has 0 aliphatic heterocycles. The summed E-state index contributed by atoms with van der Waals surface area (Å²) in [5.41, 5.74) is 7.46. The Kier molecular flexibility index (Phi) is 4.30. The van der Waals surface area contributed by atoms with Gasteiger partial charge in [0.2, 0.25) is 0 Å². The smallest absolute Gasteiger partial charge is 0.137 e. The van der Waals surface area contributed by atoms with Crippen LogP contribution in [0, 0.1) is 5.92 Å². The van der Waals surface area contributed by atoms with Gasteiger partial charge in [0, 0.05) is 6.04 Å². The molecule has 0 bridgehead atoms. The van der Waals surface area contributed by atoms with E-state index in [0.717, 1.165) is 12.2 Å². The summed E-state index contributed by atoms with van der Waals surface area (Å²) in [6.07, 6.45) is 6.15. The average Bonchev–Trinajstić information content (AvgIpc) is 2.82. The Bertz CT molecular complexity index is 374. The number of nitrogens with two attached hydrogens (primary N) is 1. The predicted molar refractivity (Wildman–Crippen MR) is 71.6 cm³/mol. The minimum Gasteiger partial charge on any atom is -0.495 e. The number of methoxy groups -OCH3 is 1. The molecule has 94 valence electrons. The van der Waals surface area contributed by atoms with Gasteiger partial charge in [-0.25, -0.2) is 0 Å². The second-order valence-electron chi connectivity index (χ2n) is 4.88. The van der Waals surface area contributed by atoms with E-state index in [-0.39, 0.29) is 6.04 Å². The van der Waals surface area contributed by atoms with Gasteiger partial charge in [0.25, 0.3) is 0 Å². The van der Waals surface area contributed by atoms with Crippen LogP contribution in [0.15, 0.2) is 18.2 Å². The van der Waals surface area contributed by atoms with Crippen LogP contribution in [0.1, 0.15) is 31.2 Å². The topological polar surface area (TPSA) is 35.2 Å². The van der Waals surface area contributed by atoms with Crippen molar-refractivity contribution in [3.8, 4) is 5.75 Å². The third kappa shape index (κ3) is 3.14. The van der Waals surface area contributed by atoms with Crippen LogP contribution < -0.4 is 10.5 Å². The minimum atomic E-state index is 0.266. The van der Waals surface area contributed by atoms with Gasteiger partial charge in [-0.1, -0.05) is 30.5 Å². The molecule has 0 saturated heterocycles. The highest BCUT2D eigenvalue weighted by molar-refractivity contribution is 6.32. The normalized spacial score (nSPS) is 18.3. The highest BCUT2D eigenvalue weighted by Crippen LogP contribution is 2.30. The van der Waals surface area contributed by atoms with E-state index in [4.69, 9.17) is 22.1 Å². The molecule has 1 fully saturated rings. The molecule has 0 heterocycles. The summed E-state index contributed by atoms with van der Waals surface area (Å²) in [6.45, 7) is 0. The molecule has 1 aromatic rings. The number of halogens is 1. The lowest BCUT2D eigenvalue weighted by Gasteiger charge is -2.19. The van der Waals surface area contributed by atoms with Crippen LogP contribution in [0.3, 0.4) is 0 Å². The molecule has 2 N–H and O–H groups in total. The highest BCUT2D eigenvalue weighted by Gasteiger charge is 2.22. The summed E-state index contributed by atoms with van der Waals surface area (Å²) in [7, 11) is 1.63. The molecule has 0 radical (unpaired) electrons. The summed E-state index contributed by atoms with van der Waals surface area (Å²) in [4.78, 5) is 0. The monoisotopic (exact) mass is 253 g/mol. The third-order valence-corrected chi connectivity index (χ3v) is 3.99. The number of rotatable bonds is 4. The molecule has 2 rings (SSSR count). The molecule has 1 saturated carbocycles. The zero-order chi connectivity index (χ0) is 12.3. The summed E-state index contributed by atoms with van der Waals surface area (Å²) in [5.74, 6) is 1.42. The van der Waals surface area contributed by atoms with Gasteiger partial charge in [0.15, 0.2) is 0 Å². The molecule has 3 heteroatoms. The lowest BCUT2D eigenvalue weighted by Crippen LogP contribution is -2.30. The first-order valence-electron chi connectivity index (χ1n) is 6.28. The molecule has 0 amide bonds. The zero-order valence-corrected chi connectivity index (χ0v) is 11.0. The molecule has 0 aromatic heterocycles. The second kappa shape index (κ2) is 5.74. The SMILES string of the molecule is COc1ccc(CC(N)C2CCCC2)cc1Cl. The van der Waals surface area contributed by atoms with E-state index in [1.165, 1.54) is 31.2 Å². The van der Waals surface area contributed by atoms with Crippen LogP contribution in [-0.4, -0.2) is 13.2 Å². The van der Waals surface area contributed by atoms with Crippen molar-refractivity contribution >= 4 is 11.6 Å². The van der Waals surface area contributed by atoms with Crippen molar-refractivity contribution < 1.29 is 4.74 Å². The van der Waals surface area contributed by atoms with E-state index in [1.807, 2.05) is 12.1 Å². The summed E-state index contributed by atoms with van der Waals surface area (Å²) < 4.78 is 5.14. The van der Waals surface area contributed by atoms with Crippen LogP contribution >= 0.6 is 11.6 Å². The van der Waals surface area contributed by atoms with Crippen molar-refractivity contribution in [3.63, 3.8) is 0 Å². The average molecular weight is 254 g/mol. The number of hydrogen-bond donors (Lipinski definition) is 1. The number of benzene rings is 1. The summed E-state index contributed by atoms with van der Waals surface area (Å²) >= 11 is 6.11. The second-order valence-corrected chi connectivity index (χ2v) is 5.29. The first-order valence-corrected chi connectivity index (χ1v) is 6.66. The van der Waals surface area contributed by atoms with Crippen molar-refractivity contribution in [2.75, 3.05) is 7.11 Å². The molecule has 0 spiro atoms. The Hall–Kier alpha value is -0.730. The van der Waals surface area contributed by atoms with Crippen LogP contribution in [0.25, 0.3) is 0 Å². The fourth-order valence-corrected chi connectivity index (χ4v) is 2.94. The maximum atomic E-state index is 6.26. The van der Waals surface area contributed by atoms with Gasteiger partial charge in [0.1, 0.15) is 5.75 Å². The lowest BCUT2D eigenvalue weighted by atomic mass is 9.93. The maximum Gasteiger partial charge on any atom is 0.137 e. The molecule has 2 nitrogen and oxygen atoms in total. The summed E-state index contributed by atoms with van der Waals surface area (Å²) in [6, 6.07) is 6.20. The van der Waals surface area contributed by atoms with E-state index in [0.29, 0.717) is 10.9 Å². The van der Waals surface area contributed by atoms with Crippen LogP contribution in [0.2, 0.25) is 5.02 Å². The maximum absolute atomic E-state index is 6.26. The predicted octanol–water partition coefficient (Wildman–Crippen LogP) is 3.41. The van der Waals surface area contributed by atoms with Crippen LogP contribution in [0.4, 0.5) is 0 Å². The van der Waals surface area contributed by atoms with Gasteiger partial charge in [-0.05, 0) is 42.9 Å². The van der Waals surface area contributed by atoms with Crippen molar-refractivity contribution in [1.29, 1.82) is 0 Å². The molecular formula is C14H20ClNO. The number of hydrogen-bond acceptors (Lipinski definition) is 2. The van der Waals surface area contributed by atoms with Crippen LogP contribution in [-0.2, 0) is 6.42 Å². The first kappa shape index (κ1) is 12.7. The lowest BCUT2D eigenvalue weighted by molar-refractivity contribution is 0.413. The van der Waals surface area contributed by atoms with Gasteiger partial charge in [-0.15, -0.1) is 0 Å². The van der Waals surface area contributed by atoms with Crippen molar-refractivity contribution in [2.45, 2.75) is 38.1 Å². The Morgan fingerprint density at radius 2 is 2.12 bits per heavy atom. The minimum absolute atomic E-state index is 0.266. The molecule has 1 aromatic carbocycles. The van der Waals surface area contributed by atoms with Crippen molar-refractivity contribution in [2.24, 2.45) is 11.7 Å². The Labute approximate surface area is 108 Å². The standard InChI is InChI=1S/C14H20ClNO/c1-17-14-7-6-10(8-12(14)15)9-13(16)11-4-2-3-5-11/h6-8,11,13H,2-5,9,16H2,1H3. The molecule has 1 aliphatic carbocycles. The molecule has 17 heavy (non-hydrogen) atoms. The molecule has 1 unspecified atom stereocenters. The van der Waals surface area contributed by atoms with Crippen molar-refractivity contribution in [1.82, 2.24) is 0 Å². The number of ether oxygens (including phenoxy) is 1. The Morgan fingerprint density at radius 1 is 1.41 bits per heavy atom. The molecule has 1 aliphatic rings. The van der Waals surface area contributed by atoms with Gasteiger partial charge < -0.3 is 10.5 Å². The highest BCUT2D eigenvalue weighted by atomic mass is 35.5. The largest absolute Gasteiger partial charge is 0.495 e. The Morgan fingerprint density at radius 3 is 2.71 bits per heavy atom. The first-order chi connectivity index (χ1) is 8.20. The van der Waals surface area contributed by atoms with Gasteiger partial charge >= 0.3 is 0 Å². The fourth-order valence-electron chi connectivity index (χ4n) is 2.66.